The first-order valence-corrected chi connectivity index (χ1v) is 22.0. The number of rotatable bonds is 9. The number of fused-ring (bicyclic) bond motifs is 11. The number of esters is 2. The second kappa shape index (κ2) is 18.9. The van der Waals surface area contributed by atoms with E-state index in [1.54, 1.807) is 32.0 Å². The Balaban J connectivity index is 1.20. The largest absolute Gasteiger partial charge is 0.483 e. The summed E-state index contributed by atoms with van der Waals surface area (Å²) in [6.07, 6.45) is 4.99. The summed E-state index contributed by atoms with van der Waals surface area (Å²) in [6, 6.07) is 32.7. The van der Waals surface area contributed by atoms with Crippen molar-refractivity contribution < 1.29 is 43.2 Å². The molecule has 63 heavy (non-hydrogen) atoms. The molecule has 6 atom stereocenters. The van der Waals surface area contributed by atoms with Crippen LogP contribution in [0, 0.1) is 5.92 Å². The van der Waals surface area contributed by atoms with Crippen LogP contribution in [0.2, 0.25) is 0 Å². The first-order chi connectivity index (χ1) is 30.4. The summed E-state index contributed by atoms with van der Waals surface area (Å²) >= 11 is 0. The van der Waals surface area contributed by atoms with Crippen molar-refractivity contribution >= 4 is 22.9 Å². The highest BCUT2D eigenvalue weighted by molar-refractivity contribution is 5.90. The third kappa shape index (κ3) is 9.59. The van der Waals surface area contributed by atoms with E-state index in [0.717, 1.165) is 23.1 Å². The molecule has 4 aliphatic rings. The van der Waals surface area contributed by atoms with Crippen molar-refractivity contribution in [3.63, 3.8) is 0 Å². The third-order valence-electron chi connectivity index (χ3n) is 12.9. The van der Waals surface area contributed by atoms with Crippen LogP contribution in [0.15, 0.2) is 130 Å². The van der Waals surface area contributed by atoms with Gasteiger partial charge in [-0.05, 0) is 112 Å². The standard InChI is InChI=1S/C53H56O10/c1-32(2)42-20-15-33-13-16-36(17-14-33)43-21-18-38(37-12-8-11-35(26-37)25-34-9-6-5-7-10-34)27-41(43)29-46(56)60-49-47-45(63-53(3,4)50(49)62-51(42)57)22-19-39-28-44(52(58)61-48(39)47)40(23-24-54)30-59-31-55/h5-14,16-19,21-22,26,28,38,40-41,43,49-50,54-55H,15,20,23-25,27,29-31H2,1-4H3. The van der Waals surface area contributed by atoms with Crippen molar-refractivity contribution in [1.29, 1.82) is 0 Å². The number of carbonyl (C=O) groups excluding carboxylic acids is 2. The predicted molar refractivity (Wildman–Crippen MR) is 240 cm³/mol. The van der Waals surface area contributed by atoms with Crippen LogP contribution in [-0.2, 0) is 36.6 Å². The predicted octanol–water partition coefficient (Wildman–Crippen LogP) is 9.30. The van der Waals surface area contributed by atoms with Crippen LogP contribution in [0.4, 0.5) is 0 Å². The molecule has 4 aromatic carbocycles. The van der Waals surface area contributed by atoms with E-state index in [0.29, 0.717) is 36.0 Å². The molecule has 10 nitrogen and oxygen atoms in total. The van der Waals surface area contributed by atoms with E-state index in [2.05, 4.69) is 84.9 Å². The molecule has 5 aromatic rings. The lowest BCUT2D eigenvalue weighted by molar-refractivity contribution is -0.188. The van der Waals surface area contributed by atoms with E-state index in [1.165, 1.54) is 16.7 Å². The van der Waals surface area contributed by atoms with Crippen LogP contribution in [0.3, 0.4) is 0 Å². The number of hydrogen-bond donors (Lipinski definition) is 2. The third-order valence-corrected chi connectivity index (χ3v) is 12.9. The number of aliphatic hydroxyl groups excluding tert-OH is 2. The molecule has 10 heteroatoms. The molecular formula is C53H56O10. The number of benzene rings is 4. The van der Waals surface area contributed by atoms with Gasteiger partial charge >= 0.3 is 17.6 Å². The average Bonchev–Trinajstić information content (AvgIpc) is 3.26. The molecule has 328 valence electrons. The number of aryl methyl sites for hydroxylation is 1. The molecule has 0 spiro atoms. The maximum Gasteiger partial charge on any atom is 0.339 e. The van der Waals surface area contributed by atoms with Gasteiger partial charge in [0.25, 0.3) is 0 Å². The topological polar surface area (TPSA) is 142 Å². The van der Waals surface area contributed by atoms with Gasteiger partial charge in [0.2, 0.25) is 0 Å². The van der Waals surface area contributed by atoms with Gasteiger partial charge in [-0.15, -0.1) is 0 Å². The zero-order valence-electron chi connectivity index (χ0n) is 36.4. The minimum Gasteiger partial charge on any atom is -0.483 e. The highest BCUT2D eigenvalue weighted by atomic mass is 16.6. The minimum atomic E-state index is -1.21. The van der Waals surface area contributed by atoms with Crippen molar-refractivity contribution in [2.24, 2.45) is 5.92 Å². The SMILES string of the molecule is CC(C)=C1CCc2ccc(cc2)C2C=CC(c3cccc(Cc4ccccc4)c3)CC2CC(=O)OC2c3c(ccc4cc(C(CCO)COCO)c(=O)oc34)OC(C)(C)C2OC1=O. The van der Waals surface area contributed by atoms with Gasteiger partial charge in [-0.2, -0.15) is 0 Å². The Kier molecular flexibility index (Phi) is 13.1. The van der Waals surface area contributed by atoms with Crippen LogP contribution < -0.4 is 10.4 Å². The van der Waals surface area contributed by atoms with Gasteiger partial charge in [-0.3, -0.25) is 4.79 Å². The van der Waals surface area contributed by atoms with Crippen LogP contribution >= 0.6 is 0 Å². The summed E-state index contributed by atoms with van der Waals surface area (Å²) < 4.78 is 30.9. The number of aliphatic hydroxyl groups is 2. The van der Waals surface area contributed by atoms with Crippen molar-refractivity contribution in [1.82, 2.24) is 0 Å². The van der Waals surface area contributed by atoms with E-state index in [-0.39, 0.29) is 60.5 Å². The maximum absolute atomic E-state index is 14.7. The summed E-state index contributed by atoms with van der Waals surface area (Å²) in [5, 5.41) is 19.6. The Hall–Kier alpha value is -5.81. The van der Waals surface area contributed by atoms with E-state index in [4.69, 9.17) is 23.4 Å². The van der Waals surface area contributed by atoms with E-state index in [1.807, 2.05) is 19.9 Å². The fraction of sp³-hybridized carbons (Fsp3) is 0.377. The lowest BCUT2D eigenvalue weighted by atomic mass is 9.72. The second-order valence-electron chi connectivity index (χ2n) is 17.9. The minimum absolute atomic E-state index is 0.0121. The highest BCUT2D eigenvalue weighted by Gasteiger charge is 2.51. The molecule has 0 radical (unpaired) electrons. The first kappa shape index (κ1) is 43.8. The van der Waals surface area contributed by atoms with E-state index < -0.39 is 48.1 Å². The van der Waals surface area contributed by atoms with Gasteiger partial charge in [0.15, 0.2) is 12.2 Å². The van der Waals surface area contributed by atoms with Crippen molar-refractivity contribution in [3.8, 4) is 5.75 Å². The number of ether oxygens (including phenoxy) is 4. The fourth-order valence-electron chi connectivity index (χ4n) is 9.60. The molecule has 0 saturated heterocycles. The number of allylic oxidation sites excluding steroid dienone is 3. The Morgan fingerprint density at radius 3 is 2.37 bits per heavy atom. The molecule has 6 unspecified atom stereocenters. The summed E-state index contributed by atoms with van der Waals surface area (Å²) in [5.74, 6) is -1.42. The average molecular weight is 853 g/mol. The summed E-state index contributed by atoms with van der Waals surface area (Å²) in [6.45, 7) is 6.57. The maximum atomic E-state index is 14.7. The van der Waals surface area contributed by atoms with Gasteiger partial charge in [0, 0.05) is 47.3 Å². The second-order valence-corrected chi connectivity index (χ2v) is 17.9. The monoisotopic (exact) mass is 852 g/mol. The van der Waals surface area contributed by atoms with Crippen LogP contribution in [0.1, 0.15) is 116 Å². The van der Waals surface area contributed by atoms with Gasteiger partial charge in [-0.1, -0.05) is 96.6 Å². The van der Waals surface area contributed by atoms with Crippen LogP contribution in [-0.4, -0.2) is 53.9 Å². The Labute approximate surface area is 368 Å². The quantitative estimate of drug-likeness (QED) is 0.0485. The first-order valence-electron chi connectivity index (χ1n) is 22.0. The van der Waals surface area contributed by atoms with Crippen LogP contribution in [0.5, 0.6) is 5.75 Å². The highest BCUT2D eigenvalue weighted by Crippen LogP contribution is 2.48. The van der Waals surface area contributed by atoms with Gasteiger partial charge in [0.1, 0.15) is 23.7 Å². The molecular weight excluding hydrogens is 797 g/mol. The molecule has 3 aliphatic heterocycles. The molecule has 4 heterocycles. The molecule has 1 aromatic heterocycles. The summed E-state index contributed by atoms with van der Waals surface area (Å²) in [5.41, 5.74) is 5.96. The lowest BCUT2D eigenvalue weighted by Crippen LogP contribution is -2.52. The smallest absolute Gasteiger partial charge is 0.339 e. The van der Waals surface area contributed by atoms with Crippen LogP contribution in [0.25, 0.3) is 11.0 Å². The molecule has 9 rings (SSSR count). The van der Waals surface area contributed by atoms with Crippen molar-refractivity contribution in [2.45, 2.75) is 102 Å². The zero-order valence-corrected chi connectivity index (χ0v) is 36.4. The van der Waals surface area contributed by atoms with Crippen molar-refractivity contribution in [2.75, 3.05) is 20.0 Å². The van der Waals surface area contributed by atoms with E-state index >= 15 is 0 Å². The molecule has 2 bridgehead atoms. The number of carbonyl (C=O) groups is 2. The number of hydrogen-bond acceptors (Lipinski definition) is 10. The van der Waals surface area contributed by atoms with E-state index in [9.17, 15) is 24.6 Å². The van der Waals surface area contributed by atoms with Crippen molar-refractivity contribution in [3.05, 3.63) is 170 Å². The molecule has 2 N–H and O–H groups in total. The van der Waals surface area contributed by atoms with Gasteiger partial charge < -0.3 is 33.6 Å². The molecule has 0 saturated carbocycles. The normalized spacial score (nSPS) is 22.6. The zero-order chi connectivity index (χ0) is 44.3. The fourth-order valence-corrected chi connectivity index (χ4v) is 9.60. The Morgan fingerprint density at radius 2 is 1.62 bits per heavy atom. The summed E-state index contributed by atoms with van der Waals surface area (Å²) in [4.78, 5) is 42.9. The van der Waals surface area contributed by atoms with Gasteiger partial charge in [0.05, 0.1) is 12.2 Å². The molecule has 0 amide bonds. The molecule has 1 aliphatic carbocycles. The Morgan fingerprint density at radius 1 is 0.841 bits per heavy atom. The lowest BCUT2D eigenvalue weighted by Gasteiger charge is -2.43. The Bertz CT molecular complexity index is 2560. The molecule has 0 fully saturated rings. The van der Waals surface area contributed by atoms with Gasteiger partial charge in [-0.25, -0.2) is 9.59 Å². The summed E-state index contributed by atoms with van der Waals surface area (Å²) in [7, 11) is 0.